The molecule has 2 N–H and O–H groups in total. The van der Waals surface area contributed by atoms with E-state index in [0.29, 0.717) is 58.8 Å². The molecule has 158 valence electrons. The third-order valence-electron chi connectivity index (χ3n) is 2.87. The Balaban J connectivity index is 3.32. The normalized spacial score (nSPS) is 11.0. The molecule has 0 aliphatic rings. The van der Waals surface area contributed by atoms with Crippen molar-refractivity contribution in [3.63, 3.8) is 0 Å². The molecule has 0 saturated carbocycles. The second kappa shape index (κ2) is 15.5. The molecule has 0 bridgehead atoms. The Bertz CT molecular complexity index is 441. The van der Waals surface area contributed by atoms with Gasteiger partial charge in [0.25, 0.3) is 0 Å². The van der Waals surface area contributed by atoms with Gasteiger partial charge in [0, 0.05) is 31.1 Å². The summed E-state index contributed by atoms with van der Waals surface area (Å²) < 4.78 is 20.3. The van der Waals surface area contributed by atoms with Crippen LogP contribution in [0.4, 0.5) is 9.59 Å². The molecular formula is C17H31ClN2O7. The number of amides is 2. The Kier molecular flexibility index (Phi) is 14.6. The van der Waals surface area contributed by atoms with Gasteiger partial charge in [-0.2, -0.15) is 0 Å². The van der Waals surface area contributed by atoms with E-state index in [4.69, 9.17) is 25.8 Å². The molecule has 9 nitrogen and oxygen atoms in total. The number of rotatable bonds is 14. The van der Waals surface area contributed by atoms with Crippen molar-refractivity contribution in [2.75, 3.05) is 46.1 Å². The molecule has 0 heterocycles. The summed E-state index contributed by atoms with van der Waals surface area (Å²) >= 11 is 5.01. The van der Waals surface area contributed by atoms with Crippen LogP contribution in [0.15, 0.2) is 0 Å². The van der Waals surface area contributed by atoms with Crippen LogP contribution in [0.1, 0.15) is 40.0 Å². The number of nitrogens with one attached hydrogen (secondary N) is 2. The van der Waals surface area contributed by atoms with E-state index < -0.39 is 17.1 Å². The maximum atomic E-state index is 11.5. The molecular weight excluding hydrogens is 380 g/mol. The smallest absolute Gasteiger partial charge is 0.407 e. The van der Waals surface area contributed by atoms with Crippen molar-refractivity contribution in [2.45, 2.75) is 45.6 Å². The van der Waals surface area contributed by atoms with E-state index in [1.807, 2.05) is 0 Å². The fourth-order valence-electron chi connectivity index (χ4n) is 1.75. The summed E-state index contributed by atoms with van der Waals surface area (Å²) in [5, 5.41) is 5.31. The molecule has 0 fully saturated rings. The summed E-state index contributed by atoms with van der Waals surface area (Å²) in [4.78, 5) is 33.2. The Hall–Kier alpha value is -1.58. The Morgan fingerprint density at radius 1 is 0.852 bits per heavy atom. The summed E-state index contributed by atoms with van der Waals surface area (Å²) in [7, 11) is 0. The number of ether oxygens (including phenoxy) is 4. The summed E-state index contributed by atoms with van der Waals surface area (Å²) in [6.07, 6.45) is 1.08. The van der Waals surface area contributed by atoms with Crippen LogP contribution < -0.4 is 10.6 Å². The number of unbranched alkanes of at least 4 members (excludes halogenated alkanes) is 1. The summed E-state index contributed by atoms with van der Waals surface area (Å²) in [5.74, 6) is -0.0831. The highest BCUT2D eigenvalue weighted by molar-refractivity contribution is 6.61. The molecule has 0 saturated heterocycles. The second-order valence-electron chi connectivity index (χ2n) is 6.55. The van der Waals surface area contributed by atoms with E-state index in [1.165, 1.54) is 0 Å². The largest absolute Gasteiger partial charge is 0.454 e. The molecule has 10 heteroatoms. The van der Waals surface area contributed by atoms with Gasteiger partial charge in [0.1, 0.15) is 5.60 Å². The van der Waals surface area contributed by atoms with Gasteiger partial charge in [0.05, 0.1) is 33.0 Å². The van der Waals surface area contributed by atoms with E-state index in [2.05, 4.69) is 15.4 Å². The molecule has 2 amide bonds. The summed E-state index contributed by atoms with van der Waals surface area (Å²) in [5.41, 5.74) is -1.35. The molecule has 0 spiro atoms. The first kappa shape index (κ1) is 25.4. The first-order valence-corrected chi connectivity index (χ1v) is 9.30. The predicted molar refractivity (Wildman–Crippen MR) is 99.9 cm³/mol. The number of carbonyl (C=O) groups excluding carboxylic acids is 3. The number of hydrogen-bond acceptors (Lipinski definition) is 7. The van der Waals surface area contributed by atoms with Gasteiger partial charge in [-0.1, -0.05) is 0 Å². The minimum atomic E-state index is -0.833. The minimum absolute atomic E-state index is 0.0831. The van der Waals surface area contributed by atoms with Crippen molar-refractivity contribution in [1.82, 2.24) is 10.6 Å². The highest BCUT2D eigenvalue weighted by atomic mass is 35.5. The second-order valence-corrected chi connectivity index (χ2v) is 6.86. The van der Waals surface area contributed by atoms with Crippen molar-refractivity contribution >= 4 is 29.0 Å². The van der Waals surface area contributed by atoms with Crippen molar-refractivity contribution in [1.29, 1.82) is 0 Å². The van der Waals surface area contributed by atoms with Crippen molar-refractivity contribution in [3.8, 4) is 0 Å². The molecule has 0 atom stereocenters. The lowest BCUT2D eigenvalue weighted by Gasteiger charge is -2.19. The lowest BCUT2D eigenvalue weighted by atomic mass is 10.2. The SMILES string of the molecule is CC(C)(C)OC(=O)NCCOCCOCCNC(=O)CCCCOC(=O)Cl. The molecule has 0 aromatic carbocycles. The van der Waals surface area contributed by atoms with Gasteiger partial charge in [-0.05, 0) is 33.6 Å². The highest BCUT2D eigenvalue weighted by Gasteiger charge is 2.15. The van der Waals surface area contributed by atoms with Crippen molar-refractivity contribution in [3.05, 3.63) is 0 Å². The Labute approximate surface area is 165 Å². The predicted octanol–water partition coefficient (Wildman–Crippen LogP) is 2.21. The highest BCUT2D eigenvalue weighted by Crippen LogP contribution is 2.06. The van der Waals surface area contributed by atoms with E-state index in [1.54, 1.807) is 20.8 Å². The Morgan fingerprint density at radius 2 is 1.44 bits per heavy atom. The average Bonchev–Trinajstić information content (AvgIpc) is 2.54. The minimum Gasteiger partial charge on any atom is -0.454 e. The molecule has 0 aliphatic carbocycles. The van der Waals surface area contributed by atoms with Crippen LogP contribution in [0, 0.1) is 0 Å². The lowest BCUT2D eigenvalue weighted by molar-refractivity contribution is -0.121. The fourth-order valence-corrected chi connectivity index (χ4v) is 1.83. The quantitative estimate of drug-likeness (QED) is 0.333. The van der Waals surface area contributed by atoms with E-state index in [9.17, 15) is 14.4 Å². The maximum absolute atomic E-state index is 11.5. The van der Waals surface area contributed by atoms with Gasteiger partial charge in [-0.3, -0.25) is 4.79 Å². The van der Waals surface area contributed by atoms with Crippen LogP contribution in [0.25, 0.3) is 0 Å². The van der Waals surface area contributed by atoms with Gasteiger partial charge >= 0.3 is 11.5 Å². The standard InChI is InChI=1S/C17H31ClN2O7/c1-17(2,3)27-16(23)20-8-11-25-13-12-24-10-7-19-14(21)6-4-5-9-26-15(18)22/h4-13H2,1-3H3,(H,19,21)(H,20,23). The topological polar surface area (TPSA) is 112 Å². The first-order valence-electron chi connectivity index (χ1n) is 8.92. The average molecular weight is 411 g/mol. The molecule has 0 unspecified atom stereocenters. The van der Waals surface area contributed by atoms with E-state index in [0.717, 1.165) is 0 Å². The van der Waals surface area contributed by atoms with Gasteiger partial charge < -0.3 is 29.6 Å². The molecule has 0 aromatic heterocycles. The van der Waals surface area contributed by atoms with Gasteiger partial charge in [-0.15, -0.1) is 0 Å². The van der Waals surface area contributed by atoms with E-state index >= 15 is 0 Å². The zero-order chi connectivity index (χ0) is 20.5. The zero-order valence-corrected chi connectivity index (χ0v) is 17.1. The molecule has 0 rings (SSSR count). The third-order valence-corrected chi connectivity index (χ3v) is 2.98. The number of halogens is 1. The van der Waals surface area contributed by atoms with Crippen LogP contribution in [0.2, 0.25) is 0 Å². The molecule has 27 heavy (non-hydrogen) atoms. The Morgan fingerprint density at radius 3 is 2.00 bits per heavy atom. The molecule has 0 aromatic rings. The summed E-state index contributed by atoms with van der Waals surface area (Å²) in [6.45, 7) is 7.90. The number of hydrogen-bond donors (Lipinski definition) is 2. The first-order chi connectivity index (χ1) is 12.7. The van der Waals surface area contributed by atoms with Crippen LogP contribution in [0.3, 0.4) is 0 Å². The molecule has 0 radical (unpaired) electrons. The van der Waals surface area contributed by atoms with Crippen LogP contribution in [-0.2, 0) is 23.7 Å². The van der Waals surface area contributed by atoms with Crippen LogP contribution in [0.5, 0.6) is 0 Å². The molecule has 0 aliphatic heterocycles. The van der Waals surface area contributed by atoms with Crippen LogP contribution >= 0.6 is 11.6 Å². The van der Waals surface area contributed by atoms with Crippen LogP contribution in [-0.4, -0.2) is 69.2 Å². The third kappa shape index (κ3) is 20.6. The van der Waals surface area contributed by atoms with Crippen molar-refractivity contribution in [2.24, 2.45) is 0 Å². The zero-order valence-electron chi connectivity index (χ0n) is 16.3. The maximum Gasteiger partial charge on any atom is 0.407 e. The lowest BCUT2D eigenvalue weighted by Crippen LogP contribution is -2.34. The van der Waals surface area contributed by atoms with Gasteiger partial charge in [0.2, 0.25) is 5.91 Å². The van der Waals surface area contributed by atoms with Gasteiger partial charge in [-0.25, -0.2) is 9.59 Å². The monoisotopic (exact) mass is 410 g/mol. The van der Waals surface area contributed by atoms with E-state index in [-0.39, 0.29) is 12.5 Å². The van der Waals surface area contributed by atoms with Crippen molar-refractivity contribution < 1.29 is 33.3 Å². The van der Waals surface area contributed by atoms with Gasteiger partial charge in [0.15, 0.2) is 0 Å². The number of carbonyl (C=O) groups is 3. The number of alkyl carbamates (subject to hydrolysis) is 1. The fraction of sp³-hybridized carbons (Fsp3) is 0.824. The summed E-state index contributed by atoms with van der Waals surface area (Å²) in [6, 6.07) is 0.